The second kappa shape index (κ2) is 6.47. The molecule has 1 aromatic heterocycles. The van der Waals surface area contributed by atoms with E-state index in [2.05, 4.69) is 15.5 Å². The molecule has 0 spiro atoms. The number of carboxylic acid groups (broad SMARTS) is 1. The minimum atomic E-state index is -0.953. The monoisotopic (exact) mass is 283 g/mol. The van der Waals surface area contributed by atoms with Crippen LogP contribution in [0.2, 0.25) is 0 Å². The van der Waals surface area contributed by atoms with Gasteiger partial charge >= 0.3 is 5.97 Å². The van der Waals surface area contributed by atoms with Crippen molar-refractivity contribution in [2.75, 3.05) is 6.54 Å². The molecule has 0 aliphatic carbocycles. The molecule has 1 amide bonds. The van der Waals surface area contributed by atoms with Gasteiger partial charge in [0.1, 0.15) is 0 Å². The lowest BCUT2D eigenvalue weighted by atomic mass is 10.2. The van der Waals surface area contributed by atoms with Crippen LogP contribution in [0.25, 0.3) is 0 Å². The fourth-order valence-corrected chi connectivity index (χ4v) is 2.02. The van der Waals surface area contributed by atoms with Crippen molar-refractivity contribution < 1.29 is 24.0 Å². The largest absolute Gasteiger partial charge is 0.479 e. The zero-order valence-corrected chi connectivity index (χ0v) is 11.2. The van der Waals surface area contributed by atoms with Crippen molar-refractivity contribution in [3.63, 3.8) is 0 Å². The molecule has 2 unspecified atom stereocenters. The molecule has 1 aliphatic heterocycles. The molecule has 2 heterocycles. The Morgan fingerprint density at radius 1 is 1.45 bits per heavy atom. The summed E-state index contributed by atoms with van der Waals surface area (Å²) in [6, 6.07) is 0. The average Bonchev–Trinajstić information content (AvgIpc) is 3.03. The summed E-state index contributed by atoms with van der Waals surface area (Å²) in [4.78, 5) is 26.3. The molecule has 2 atom stereocenters. The summed E-state index contributed by atoms with van der Waals surface area (Å²) in [5.74, 6) is -0.131. The van der Waals surface area contributed by atoms with Gasteiger partial charge in [-0.15, -0.1) is 0 Å². The molecule has 110 valence electrons. The second-order valence-corrected chi connectivity index (χ2v) is 4.70. The summed E-state index contributed by atoms with van der Waals surface area (Å²) in [6.07, 6.45) is 0.771. The Morgan fingerprint density at radius 3 is 2.85 bits per heavy atom. The molecule has 20 heavy (non-hydrogen) atoms. The first-order valence-electron chi connectivity index (χ1n) is 6.48. The van der Waals surface area contributed by atoms with Gasteiger partial charge in [0.25, 0.3) is 0 Å². The lowest BCUT2D eigenvalue weighted by Crippen LogP contribution is -2.33. The van der Waals surface area contributed by atoms with E-state index in [0.717, 1.165) is 0 Å². The van der Waals surface area contributed by atoms with Gasteiger partial charge in [0.2, 0.25) is 11.8 Å². The summed E-state index contributed by atoms with van der Waals surface area (Å²) in [7, 11) is 0. The highest BCUT2D eigenvalue weighted by molar-refractivity contribution is 5.76. The Hall–Kier alpha value is -1.96. The van der Waals surface area contributed by atoms with Gasteiger partial charge in [-0.1, -0.05) is 5.16 Å². The molecule has 1 aromatic rings. The van der Waals surface area contributed by atoms with Crippen molar-refractivity contribution in [3.05, 3.63) is 11.7 Å². The first-order valence-corrected chi connectivity index (χ1v) is 6.48. The summed E-state index contributed by atoms with van der Waals surface area (Å²) in [5.41, 5.74) is 0. The second-order valence-electron chi connectivity index (χ2n) is 4.70. The SMILES string of the molecule is Cc1noc(CCC(=O)NCC2CCC(C(=O)O)O2)n1. The quantitative estimate of drug-likeness (QED) is 0.758. The molecule has 2 rings (SSSR count). The van der Waals surface area contributed by atoms with Crippen molar-refractivity contribution in [3.8, 4) is 0 Å². The molecule has 8 nitrogen and oxygen atoms in total. The predicted octanol–water partition coefficient (Wildman–Crippen LogP) is 0.0590. The Balaban J connectivity index is 1.64. The lowest BCUT2D eigenvalue weighted by molar-refractivity contribution is -0.149. The average molecular weight is 283 g/mol. The van der Waals surface area contributed by atoms with Crippen LogP contribution in [0.5, 0.6) is 0 Å². The van der Waals surface area contributed by atoms with E-state index in [-0.39, 0.29) is 18.4 Å². The highest BCUT2D eigenvalue weighted by Gasteiger charge is 2.30. The number of nitrogens with zero attached hydrogens (tertiary/aromatic N) is 2. The van der Waals surface area contributed by atoms with Crippen LogP contribution in [0.3, 0.4) is 0 Å². The van der Waals surface area contributed by atoms with Crippen LogP contribution in [0.1, 0.15) is 31.0 Å². The van der Waals surface area contributed by atoms with Crippen LogP contribution >= 0.6 is 0 Å². The molecule has 0 saturated carbocycles. The maximum atomic E-state index is 11.6. The standard InChI is InChI=1S/C12H17N3O5/c1-7-14-11(20-15-7)5-4-10(16)13-6-8-2-3-9(19-8)12(17)18/h8-9H,2-6H2,1H3,(H,13,16)(H,17,18). The topological polar surface area (TPSA) is 115 Å². The van der Waals surface area contributed by atoms with E-state index in [1.807, 2.05) is 0 Å². The Bertz CT molecular complexity index is 487. The van der Waals surface area contributed by atoms with E-state index < -0.39 is 12.1 Å². The third-order valence-electron chi connectivity index (χ3n) is 3.05. The molecular weight excluding hydrogens is 266 g/mol. The number of hydrogen-bond acceptors (Lipinski definition) is 6. The molecule has 8 heteroatoms. The third-order valence-corrected chi connectivity index (χ3v) is 3.05. The van der Waals surface area contributed by atoms with E-state index in [4.69, 9.17) is 14.4 Å². The van der Waals surface area contributed by atoms with Gasteiger partial charge in [-0.25, -0.2) is 4.79 Å². The van der Waals surface area contributed by atoms with E-state index in [1.165, 1.54) is 0 Å². The van der Waals surface area contributed by atoms with E-state index in [1.54, 1.807) is 6.92 Å². The number of carbonyl (C=O) groups is 2. The molecular formula is C12H17N3O5. The van der Waals surface area contributed by atoms with Crippen molar-refractivity contribution in [2.24, 2.45) is 0 Å². The number of aromatic nitrogens is 2. The maximum Gasteiger partial charge on any atom is 0.332 e. The van der Waals surface area contributed by atoms with Gasteiger partial charge in [0, 0.05) is 19.4 Å². The summed E-state index contributed by atoms with van der Waals surface area (Å²) in [6.45, 7) is 2.04. The van der Waals surface area contributed by atoms with Crippen LogP contribution < -0.4 is 5.32 Å². The van der Waals surface area contributed by atoms with E-state index in [9.17, 15) is 9.59 Å². The molecule has 2 N–H and O–H groups in total. The number of aryl methyl sites for hydroxylation is 2. The molecule has 0 aromatic carbocycles. The minimum absolute atomic E-state index is 0.150. The van der Waals surface area contributed by atoms with Gasteiger partial charge in [-0.3, -0.25) is 4.79 Å². The smallest absolute Gasteiger partial charge is 0.332 e. The zero-order valence-electron chi connectivity index (χ0n) is 11.2. The number of rotatable bonds is 6. The normalized spacial score (nSPS) is 21.9. The number of nitrogens with one attached hydrogen (secondary N) is 1. The number of aliphatic carboxylic acids is 1. The van der Waals surface area contributed by atoms with Crippen molar-refractivity contribution in [2.45, 2.75) is 44.8 Å². The van der Waals surface area contributed by atoms with E-state index >= 15 is 0 Å². The number of amides is 1. The predicted molar refractivity (Wildman–Crippen MR) is 65.9 cm³/mol. The molecule has 0 radical (unpaired) electrons. The summed E-state index contributed by atoms with van der Waals surface area (Å²) >= 11 is 0. The fraction of sp³-hybridized carbons (Fsp3) is 0.667. The van der Waals surface area contributed by atoms with Gasteiger partial charge in [0.05, 0.1) is 6.10 Å². The van der Waals surface area contributed by atoms with Crippen LogP contribution in [0.4, 0.5) is 0 Å². The first-order chi connectivity index (χ1) is 9.54. The van der Waals surface area contributed by atoms with Crippen molar-refractivity contribution >= 4 is 11.9 Å². The molecule has 1 saturated heterocycles. The molecule has 1 fully saturated rings. The van der Waals surface area contributed by atoms with Gasteiger partial charge in [0.15, 0.2) is 11.9 Å². The zero-order chi connectivity index (χ0) is 14.5. The van der Waals surface area contributed by atoms with Gasteiger partial charge in [-0.05, 0) is 19.8 Å². The Kier molecular flexibility index (Phi) is 4.67. The number of carbonyl (C=O) groups excluding carboxylic acids is 1. The van der Waals surface area contributed by atoms with Gasteiger partial charge in [-0.2, -0.15) is 4.98 Å². The summed E-state index contributed by atoms with van der Waals surface area (Å²) in [5, 5.41) is 15.1. The number of carboxylic acids is 1. The molecule has 1 aliphatic rings. The van der Waals surface area contributed by atoms with Gasteiger partial charge < -0.3 is 19.7 Å². The highest BCUT2D eigenvalue weighted by atomic mass is 16.5. The Labute approximate surface area is 115 Å². The maximum absolute atomic E-state index is 11.6. The minimum Gasteiger partial charge on any atom is -0.479 e. The van der Waals surface area contributed by atoms with E-state index in [0.29, 0.717) is 37.5 Å². The first kappa shape index (κ1) is 14.4. The lowest BCUT2D eigenvalue weighted by Gasteiger charge is -2.11. The fourth-order valence-electron chi connectivity index (χ4n) is 2.02. The number of hydrogen-bond donors (Lipinski definition) is 2. The highest BCUT2D eigenvalue weighted by Crippen LogP contribution is 2.19. The van der Waals surface area contributed by atoms with Crippen LogP contribution in [-0.4, -0.2) is 45.9 Å². The summed E-state index contributed by atoms with van der Waals surface area (Å²) < 4.78 is 10.2. The number of ether oxygens (including phenoxy) is 1. The third kappa shape index (κ3) is 4.02. The van der Waals surface area contributed by atoms with Crippen LogP contribution in [0, 0.1) is 6.92 Å². The van der Waals surface area contributed by atoms with Crippen molar-refractivity contribution in [1.29, 1.82) is 0 Å². The Morgan fingerprint density at radius 2 is 2.25 bits per heavy atom. The van der Waals surface area contributed by atoms with Crippen molar-refractivity contribution in [1.82, 2.24) is 15.5 Å². The van der Waals surface area contributed by atoms with Crippen LogP contribution in [-0.2, 0) is 20.7 Å². The van der Waals surface area contributed by atoms with Crippen LogP contribution in [0.15, 0.2) is 4.52 Å². The molecule has 0 bridgehead atoms.